The molecule has 0 fully saturated rings. The molecule has 1 atom stereocenters. The Morgan fingerprint density at radius 3 is 2.36 bits per heavy atom. The molecule has 0 bridgehead atoms. The van der Waals surface area contributed by atoms with Crippen molar-refractivity contribution in [2.24, 2.45) is 0 Å². The SMILES string of the molecule is C[C@H](Cn1cnc(-c2ccccc2Nc2ccc(C(F)(F)F)cc2)c1)OCc1ccccc1. The standard InChI is InChI=1S/C26H24F3N3O/c1-19(33-17-20-7-3-2-4-8-20)15-32-16-25(30-18-32)23-9-5-6-10-24(23)31-22-13-11-21(12-14-22)26(27,28)29/h2-14,16,18-19,31H,15,17H2,1H3/t19-/m1/s1. The Labute approximate surface area is 190 Å². The summed E-state index contributed by atoms with van der Waals surface area (Å²) in [6.45, 7) is 3.21. The molecule has 0 saturated heterocycles. The molecule has 7 heteroatoms. The van der Waals surface area contributed by atoms with E-state index in [1.54, 1.807) is 6.33 Å². The minimum atomic E-state index is -4.36. The van der Waals surface area contributed by atoms with E-state index in [1.807, 2.05) is 72.3 Å². The topological polar surface area (TPSA) is 39.1 Å². The number of ether oxygens (including phenoxy) is 1. The summed E-state index contributed by atoms with van der Waals surface area (Å²) in [6, 6.07) is 22.6. The maximum atomic E-state index is 12.8. The number of imidazole rings is 1. The van der Waals surface area contributed by atoms with Gasteiger partial charge in [-0.2, -0.15) is 13.2 Å². The second-order valence-electron chi connectivity index (χ2n) is 7.81. The van der Waals surface area contributed by atoms with Crippen LogP contribution in [0.1, 0.15) is 18.1 Å². The van der Waals surface area contributed by atoms with Crippen LogP contribution in [-0.2, 0) is 24.1 Å². The molecule has 1 heterocycles. The van der Waals surface area contributed by atoms with Crippen LogP contribution in [0.15, 0.2) is 91.4 Å². The van der Waals surface area contributed by atoms with Crippen LogP contribution in [0.2, 0.25) is 0 Å². The molecule has 0 spiro atoms. The third kappa shape index (κ3) is 6.02. The lowest BCUT2D eigenvalue weighted by Gasteiger charge is -2.14. The third-order valence-corrected chi connectivity index (χ3v) is 5.17. The van der Waals surface area contributed by atoms with Crippen LogP contribution in [0, 0.1) is 0 Å². The zero-order chi connectivity index (χ0) is 23.3. The van der Waals surface area contributed by atoms with Gasteiger partial charge in [0.05, 0.1) is 30.3 Å². The van der Waals surface area contributed by atoms with E-state index in [2.05, 4.69) is 10.3 Å². The molecule has 0 amide bonds. The molecule has 0 saturated carbocycles. The van der Waals surface area contributed by atoms with E-state index in [0.29, 0.717) is 18.8 Å². The number of para-hydroxylation sites is 1. The fourth-order valence-corrected chi connectivity index (χ4v) is 3.47. The molecule has 0 aliphatic heterocycles. The molecule has 4 aromatic rings. The number of halogens is 3. The summed E-state index contributed by atoms with van der Waals surface area (Å²) in [7, 11) is 0. The molecular weight excluding hydrogens is 427 g/mol. The van der Waals surface area contributed by atoms with Gasteiger partial charge in [-0.1, -0.05) is 48.5 Å². The Kier molecular flexibility index (Phi) is 6.79. The number of nitrogens with zero attached hydrogens (tertiary/aromatic N) is 2. The lowest BCUT2D eigenvalue weighted by atomic mass is 10.1. The van der Waals surface area contributed by atoms with E-state index in [-0.39, 0.29) is 6.10 Å². The quantitative estimate of drug-likeness (QED) is 0.316. The smallest absolute Gasteiger partial charge is 0.372 e. The van der Waals surface area contributed by atoms with Gasteiger partial charge in [0.15, 0.2) is 0 Å². The van der Waals surface area contributed by atoms with Crippen LogP contribution >= 0.6 is 0 Å². The number of aromatic nitrogens is 2. The van der Waals surface area contributed by atoms with Crippen LogP contribution in [0.3, 0.4) is 0 Å². The number of nitrogens with one attached hydrogen (secondary N) is 1. The average molecular weight is 451 g/mol. The monoisotopic (exact) mass is 451 g/mol. The first-order valence-electron chi connectivity index (χ1n) is 10.6. The van der Waals surface area contributed by atoms with Gasteiger partial charge in [-0.25, -0.2) is 4.98 Å². The third-order valence-electron chi connectivity index (χ3n) is 5.17. The van der Waals surface area contributed by atoms with Gasteiger partial charge in [-0.3, -0.25) is 0 Å². The molecule has 1 N–H and O–H groups in total. The first kappa shape index (κ1) is 22.6. The zero-order valence-electron chi connectivity index (χ0n) is 18.1. The Hall–Kier alpha value is -3.58. The molecule has 3 aromatic carbocycles. The van der Waals surface area contributed by atoms with Gasteiger partial charge in [0.25, 0.3) is 0 Å². The van der Waals surface area contributed by atoms with E-state index >= 15 is 0 Å². The molecular formula is C26H24F3N3O. The second kappa shape index (κ2) is 9.92. The number of hydrogen-bond acceptors (Lipinski definition) is 3. The maximum absolute atomic E-state index is 12.8. The number of anilines is 2. The summed E-state index contributed by atoms with van der Waals surface area (Å²) >= 11 is 0. The van der Waals surface area contributed by atoms with E-state index in [9.17, 15) is 13.2 Å². The highest BCUT2D eigenvalue weighted by Gasteiger charge is 2.29. The molecule has 33 heavy (non-hydrogen) atoms. The normalized spacial score (nSPS) is 12.5. The Morgan fingerprint density at radius 1 is 0.939 bits per heavy atom. The molecule has 0 unspecified atom stereocenters. The number of rotatable bonds is 8. The Balaban J connectivity index is 1.43. The molecule has 0 aliphatic rings. The Bertz CT molecular complexity index is 1170. The van der Waals surface area contributed by atoms with Crippen molar-refractivity contribution in [1.29, 1.82) is 0 Å². The highest BCUT2D eigenvalue weighted by molar-refractivity contribution is 5.78. The highest BCUT2D eigenvalue weighted by Crippen LogP contribution is 2.32. The second-order valence-corrected chi connectivity index (χ2v) is 7.81. The van der Waals surface area contributed by atoms with Gasteiger partial charge in [-0.15, -0.1) is 0 Å². The van der Waals surface area contributed by atoms with Gasteiger partial charge in [0, 0.05) is 29.7 Å². The van der Waals surface area contributed by atoms with Crippen molar-refractivity contribution in [2.45, 2.75) is 32.4 Å². The van der Waals surface area contributed by atoms with Gasteiger partial charge in [-0.05, 0) is 42.8 Å². The van der Waals surface area contributed by atoms with Crippen molar-refractivity contribution in [3.8, 4) is 11.3 Å². The summed E-state index contributed by atoms with van der Waals surface area (Å²) < 4.78 is 46.4. The van der Waals surface area contributed by atoms with Crippen molar-refractivity contribution in [2.75, 3.05) is 5.32 Å². The average Bonchev–Trinajstić information content (AvgIpc) is 3.27. The van der Waals surface area contributed by atoms with E-state index in [0.717, 1.165) is 34.6 Å². The minimum absolute atomic E-state index is 0.00669. The molecule has 0 aliphatic carbocycles. The predicted octanol–water partition coefficient (Wildman–Crippen LogP) is 6.92. The number of hydrogen-bond donors (Lipinski definition) is 1. The Morgan fingerprint density at radius 2 is 1.64 bits per heavy atom. The van der Waals surface area contributed by atoms with Gasteiger partial charge in [0.1, 0.15) is 0 Å². The lowest BCUT2D eigenvalue weighted by molar-refractivity contribution is -0.137. The predicted molar refractivity (Wildman–Crippen MR) is 123 cm³/mol. The summed E-state index contributed by atoms with van der Waals surface area (Å²) in [5.41, 5.74) is 3.39. The highest BCUT2D eigenvalue weighted by atomic mass is 19.4. The van der Waals surface area contributed by atoms with Crippen molar-refractivity contribution < 1.29 is 17.9 Å². The lowest BCUT2D eigenvalue weighted by Crippen LogP contribution is -2.15. The first-order chi connectivity index (χ1) is 15.9. The van der Waals surface area contributed by atoms with Gasteiger partial charge >= 0.3 is 6.18 Å². The van der Waals surface area contributed by atoms with Gasteiger partial charge in [0.2, 0.25) is 0 Å². The van der Waals surface area contributed by atoms with Crippen molar-refractivity contribution in [3.05, 3.63) is 103 Å². The van der Waals surface area contributed by atoms with Gasteiger partial charge < -0.3 is 14.6 Å². The summed E-state index contributed by atoms with van der Waals surface area (Å²) in [6.07, 6.45) is -0.666. The minimum Gasteiger partial charge on any atom is -0.372 e. The van der Waals surface area contributed by atoms with Crippen molar-refractivity contribution in [3.63, 3.8) is 0 Å². The van der Waals surface area contributed by atoms with Crippen LogP contribution in [0.4, 0.5) is 24.5 Å². The van der Waals surface area contributed by atoms with Crippen LogP contribution in [0.25, 0.3) is 11.3 Å². The van der Waals surface area contributed by atoms with Crippen molar-refractivity contribution >= 4 is 11.4 Å². The fraction of sp³-hybridized carbons (Fsp3) is 0.192. The van der Waals surface area contributed by atoms with Crippen LogP contribution in [0.5, 0.6) is 0 Å². The van der Waals surface area contributed by atoms with E-state index in [4.69, 9.17) is 4.74 Å². The van der Waals surface area contributed by atoms with Crippen LogP contribution in [-0.4, -0.2) is 15.7 Å². The fourth-order valence-electron chi connectivity index (χ4n) is 3.47. The van der Waals surface area contributed by atoms with Crippen LogP contribution < -0.4 is 5.32 Å². The molecule has 0 radical (unpaired) electrons. The number of alkyl halides is 3. The maximum Gasteiger partial charge on any atom is 0.416 e. The van der Waals surface area contributed by atoms with E-state index in [1.165, 1.54) is 12.1 Å². The zero-order valence-corrected chi connectivity index (χ0v) is 18.1. The van der Waals surface area contributed by atoms with Crippen molar-refractivity contribution in [1.82, 2.24) is 9.55 Å². The number of benzene rings is 3. The van der Waals surface area contributed by atoms with E-state index < -0.39 is 11.7 Å². The molecule has 4 rings (SSSR count). The summed E-state index contributed by atoms with van der Waals surface area (Å²) in [5, 5.41) is 3.20. The molecule has 1 aromatic heterocycles. The summed E-state index contributed by atoms with van der Waals surface area (Å²) in [5.74, 6) is 0. The first-order valence-corrected chi connectivity index (χ1v) is 10.6. The molecule has 170 valence electrons. The summed E-state index contributed by atoms with van der Waals surface area (Å²) in [4.78, 5) is 4.53. The largest absolute Gasteiger partial charge is 0.416 e. The molecule has 4 nitrogen and oxygen atoms in total.